The van der Waals surface area contributed by atoms with Crippen molar-refractivity contribution < 1.29 is 17.6 Å². The first-order valence-electron chi connectivity index (χ1n) is 7.31. The predicted octanol–water partition coefficient (Wildman–Crippen LogP) is 3.95. The predicted molar refractivity (Wildman–Crippen MR) is 81.4 cm³/mol. The van der Waals surface area contributed by atoms with E-state index in [2.05, 4.69) is 10.2 Å². The van der Waals surface area contributed by atoms with Crippen molar-refractivity contribution in [3.63, 3.8) is 0 Å². The van der Waals surface area contributed by atoms with Crippen molar-refractivity contribution in [1.82, 2.24) is 10.2 Å². The van der Waals surface area contributed by atoms with Crippen LogP contribution in [0.2, 0.25) is 5.02 Å². The van der Waals surface area contributed by atoms with Gasteiger partial charge in [0.1, 0.15) is 5.76 Å². The van der Waals surface area contributed by atoms with E-state index in [1.807, 2.05) is 0 Å². The summed E-state index contributed by atoms with van der Waals surface area (Å²) in [5.41, 5.74) is -0.290. The van der Waals surface area contributed by atoms with Crippen molar-refractivity contribution in [2.45, 2.75) is 12.2 Å². The fourth-order valence-electron chi connectivity index (χ4n) is 2.87. The van der Waals surface area contributed by atoms with Crippen molar-refractivity contribution in [2.75, 3.05) is 26.2 Å². The standard InChI is InChI=1S/C16H16ClF3N2O/c17-13-4-3-11(10-12(13)16(18,19)20)15(14-2-1-9-23-14)22-7-5-21-6-8-22/h1-4,9-10,15,21H,5-8H2/t15-/m0/s1. The first kappa shape index (κ1) is 16.4. The van der Waals surface area contributed by atoms with Crippen LogP contribution >= 0.6 is 11.6 Å². The molecule has 0 bridgehead atoms. The second-order valence-corrected chi connectivity index (χ2v) is 5.85. The molecule has 1 aliphatic rings. The molecule has 124 valence electrons. The zero-order chi connectivity index (χ0) is 16.4. The van der Waals surface area contributed by atoms with E-state index in [1.54, 1.807) is 18.2 Å². The molecule has 1 aromatic carbocycles. The van der Waals surface area contributed by atoms with Gasteiger partial charge in [-0.1, -0.05) is 17.7 Å². The number of benzene rings is 1. The molecule has 1 atom stereocenters. The Balaban J connectivity index is 2.03. The minimum Gasteiger partial charge on any atom is -0.467 e. The Morgan fingerprint density at radius 2 is 1.91 bits per heavy atom. The number of halogens is 4. The topological polar surface area (TPSA) is 28.4 Å². The van der Waals surface area contributed by atoms with Gasteiger partial charge >= 0.3 is 6.18 Å². The number of hydrogen-bond donors (Lipinski definition) is 1. The Bertz CT molecular complexity index is 652. The number of rotatable bonds is 3. The van der Waals surface area contributed by atoms with Crippen LogP contribution in [-0.4, -0.2) is 31.1 Å². The smallest absolute Gasteiger partial charge is 0.417 e. The summed E-state index contributed by atoms with van der Waals surface area (Å²) < 4.78 is 44.9. The molecule has 0 radical (unpaired) electrons. The molecule has 1 aromatic heterocycles. The Morgan fingerprint density at radius 1 is 1.17 bits per heavy atom. The number of piperazine rings is 1. The highest BCUT2D eigenvalue weighted by molar-refractivity contribution is 6.31. The van der Waals surface area contributed by atoms with E-state index < -0.39 is 11.7 Å². The Hall–Kier alpha value is -1.50. The summed E-state index contributed by atoms with van der Waals surface area (Å²) in [6, 6.07) is 7.23. The minimum atomic E-state index is -4.48. The van der Waals surface area contributed by atoms with E-state index in [4.69, 9.17) is 16.0 Å². The summed E-state index contributed by atoms with van der Waals surface area (Å²) in [4.78, 5) is 2.11. The van der Waals surface area contributed by atoms with Crippen LogP contribution in [0.4, 0.5) is 13.2 Å². The quantitative estimate of drug-likeness (QED) is 0.914. The third-order valence-corrected chi connectivity index (χ3v) is 4.27. The zero-order valence-electron chi connectivity index (χ0n) is 12.2. The molecule has 0 amide bonds. The summed E-state index contributed by atoms with van der Waals surface area (Å²) in [6.45, 7) is 3.04. The molecule has 1 aliphatic heterocycles. The third-order valence-electron chi connectivity index (χ3n) is 3.94. The van der Waals surface area contributed by atoms with Crippen LogP contribution < -0.4 is 5.32 Å². The maximum atomic E-state index is 13.1. The van der Waals surface area contributed by atoms with Crippen molar-refractivity contribution >= 4 is 11.6 Å². The van der Waals surface area contributed by atoms with E-state index in [0.717, 1.165) is 32.2 Å². The average Bonchev–Trinajstić information content (AvgIpc) is 3.03. The first-order chi connectivity index (χ1) is 11.0. The van der Waals surface area contributed by atoms with Crippen LogP contribution in [-0.2, 0) is 6.18 Å². The molecule has 2 heterocycles. The lowest BCUT2D eigenvalue weighted by molar-refractivity contribution is -0.137. The van der Waals surface area contributed by atoms with Crippen LogP contribution in [0.15, 0.2) is 41.0 Å². The Morgan fingerprint density at radius 3 is 2.52 bits per heavy atom. The van der Waals surface area contributed by atoms with Crippen molar-refractivity contribution in [3.05, 3.63) is 58.5 Å². The third kappa shape index (κ3) is 3.54. The molecule has 7 heteroatoms. The molecular weight excluding hydrogens is 329 g/mol. The molecule has 0 unspecified atom stereocenters. The molecule has 1 fully saturated rings. The van der Waals surface area contributed by atoms with Gasteiger partial charge in [-0.2, -0.15) is 13.2 Å². The van der Waals surface area contributed by atoms with Crippen LogP contribution in [0.3, 0.4) is 0 Å². The van der Waals surface area contributed by atoms with Crippen LogP contribution in [0.5, 0.6) is 0 Å². The molecule has 1 saturated heterocycles. The van der Waals surface area contributed by atoms with Gasteiger partial charge in [-0.05, 0) is 29.8 Å². The second-order valence-electron chi connectivity index (χ2n) is 5.44. The van der Waals surface area contributed by atoms with Gasteiger partial charge in [0, 0.05) is 26.2 Å². The molecule has 3 nitrogen and oxygen atoms in total. The van der Waals surface area contributed by atoms with Crippen LogP contribution in [0.1, 0.15) is 22.9 Å². The number of nitrogens with one attached hydrogen (secondary N) is 1. The normalized spacial score (nSPS) is 18.1. The highest BCUT2D eigenvalue weighted by atomic mass is 35.5. The summed E-state index contributed by atoms with van der Waals surface area (Å²) in [6.07, 6.45) is -2.95. The lowest BCUT2D eigenvalue weighted by atomic mass is 9.99. The largest absolute Gasteiger partial charge is 0.467 e. The van der Waals surface area contributed by atoms with Crippen molar-refractivity contribution in [1.29, 1.82) is 0 Å². The summed E-state index contributed by atoms with van der Waals surface area (Å²) >= 11 is 5.73. The van der Waals surface area contributed by atoms with E-state index in [0.29, 0.717) is 11.3 Å². The van der Waals surface area contributed by atoms with Crippen molar-refractivity contribution in [2.24, 2.45) is 0 Å². The van der Waals surface area contributed by atoms with Crippen molar-refractivity contribution in [3.8, 4) is 0 Å². The Labute approximate surface area is 137 Å². The monoisotopic (exact) mass is 344 g/mol. The zero-order valence-corrected chi connectivity index (χ0v) is 13.0. The van der Waals surface area contributed by atoms with Crippen LogP contribution in [0, 0.1) is 0 Å². The number of furan rings is 1. The highest BCUT2D eigenvalue weighted by Gasteiger charge is 2.35. The molecule has 2 aromatic rings. The Kier molecular flexibility index (Phi) is 4.66. The molecule has 3 rings (SSSR count). The van der Waals surface area contributed by atoms with Gasteiger partial charge in [0.2, 0.25) is 0 Å². The van der Waals surface area contributed by atoms with Gasteiger partial charge in [0.15, 0.2) is 0 Å². The van der Waals surface area contributed by atoms with Gasteiger partial charge in [-0.15, -0.1) is 0 Å². The van der Waals surface area contributed by atoms with E-state index >= 15 is 0 Å². The van der Waals surface area contributed by atoms with E-state index in [1.165, 1.54) is 12.3 Å². The molecule has 0 aliphatic carbocycles. The molecule has 0 spiro atoms. The molecular formula is C16H16ClF3N2O. The maximum absolute atomic E-state index is 13.1. The summed E-state index contributed by atoms with van der Waals surface area (Å²) in [5, 5.41) is 2.95. The summed E-state index contributed by atoms with van der Waals surface area (Å²) in [7, 11) is 0. The summed E-state index contributed by atoms with van der Waals surface area (Å²) in [5.74, 6) is 0.627. The minimum absolute atomic E-state index is 0.292. The lowest BCUT2D eigenvalue weighted by Crippen LogP contribution is -2.45. The first-order valence-corrected chi connectivity index (χ1v) is 7.69. The van der Waals surface area contributed by atoms with Crippen LogP contribution in [0.25, 0.3) is 0 Å². The van der Waals surface area contributed by atoms with Gasteiger partial charge in [0.25, 0.3) is 0 Å². The SMILES string of the molecule is FC(F)(F)c1cc([C@@H](c2ccco2)N2CCNCC2)ccc1Cl. The van der Waals surface area contributed by atoms with Gasteiger partial charge in [-0.3, -0.25) is 4.90 Å². The van der Waals surface area contributed by atoms with E-state index in [-0.39, 0.29) is 11.1 Å². The molecule has 0 saturated carbocycles. The second kappa shape index (κ2) is 6.55. The number of alkyl halides is 3. The number of hydrogen-bond acceptors (Lipinski definition) is 3. The highest BCUT2D eigenvalue weighted by Crippen LogP contribution is 2.38. The van der Waals surface area contributed by atoms with E-state index in [9.17, 15) is 13.2 Å². The van der Waals surface area contributed by atoms with Gasteiger partial charge < -0.3 is 9.73 Å². The maximum Gasteiger partial charge on any atom is 0.417 e. The fraction of sp³-hybridized carbons (Fsp3) is 0.375. The molecule has 1 N–H and O–H groups in total. The van der Waals surface area contributed by atoms with Gasteiger partial charge in [-0.25, -0.2) is 0 Å². The molecule has 23 heavy (non-hydrogen) atoms. The average molecular weight is 345 g/mol. The fourth-order valence-corrected chi connectivity index (χ4v) is 3.10. The number of nitrogens with zero attached hydrogens (tertiary/aromatic N) is 1. The van der Waals surface area contributed by atoms with Gasteiger partial charge in [0.05, 0.1) is 22.9 Å². The lowest BCUT2D eigenvalue weighted by Gasteiger charge is -2.34.